The summed E-state index contributed by atoms with van der Waals surface area (Å²) in [6.07, 6.45) is 0.950. The van der Waals surface area contributed by atoms with Crippen molar-refractivity contribution < 1.29 is 5.11 Å². The SMILES string of the molecule is CC(O)C1CCN(Cc2ccc(C(C)(C)C)cc2)C1. The molecule has 0 aliphatic carbocycles. The van der Waals surface area contributed by atoms with Crippen molar-refractivity contribution in [1.82, 2.24) is 4.90 Å². The van der Waals surface area contributed by atoms with Crippen molar-refractivity contribution in [2.24, 2.45) is 5.92 Å². The molecule has 2 unspecified atom stereocenters. The summed E-state index contributed by atoms with van der Waals surface area (Å²) in [5.41, 5.74) is 2.99. The monoisotopic (exact) mass is 261 g/mol. The lowest BCUT2D eigenvalue weighted by atomic mass is 9.87. The van der Waals surface area contributed by atoms with Gasteiger partial charge in [0.1, 0.15) is 0 Å². The molecule has 19 heavy (non-hydrogen) atoms. The summed E-state index contributed by atoms with van der Waals surface area (Å²) in [7, 11) is 0. The zero-order valence-electron chi connectivity index (χ0n) is 12.7. The van der Waals surface area contributed by atoms with Gasteiger partial charge in [-0.3, -0.25) is 4.90 Å². The van der Waals surface area contributed by atoms with Crippen LogP contribution < -0.4 is 0 Å². The van der Waals surface area contributed by atoms with Gasteiger partial charge in [0.15, 0.2) is 0 Å². The lowest BCUT2D eigenvalue weighted by Crippen LogP contribution is -2.24. The van der Waals surface area contributed by atoms with Crippen molar-refractivity contribution in [1.29, 1.82) is 0 Å². The van der Waals surface area contributed by atoms with Gasteiger partial charge < -0.3 is 5.11 Å². The quantitative estimate of drug-likeness (QED) is 0.903. The van der Waals surface area contributed by atoms with Crippen LogP contribution in [0.15, 0.2) is 24.3 Å². The third kappa shape index (κ3) is 3.80. The van der Waals surface area contributed by atoms with Gasteiger partial charge in [0, 0.05) is 13.1 Å². The van der Waals surface area contributed by atoms with Crippen molar-refractivity contribution in [2.45, 2.75) is 52.2 Å². The molecule has 2 atom stereocenters. The molecule has 2 nitrogen and oxygen atoms in total. The molecule has 1 aliphatic heterocycles. The number of aliphatic hydroxyl groups is 1. The molecule has 0 spiro atoms. The van der Waals surface area contributed by atoms with Crippen LogP contribution in [0.25, 0.3) is 0 Å². The fourth-order valence-electron chi connectivity index (χ4n) is 2.77. The highest BCUT2D eigenvalue weighted by molar-refractivity contribution is 5.27. The van der Waals surface area contributed by atoms with E-state index in [2.05, 4.69) is 49.9 Å². The fourth-order valence-corrected chi connectivity index (χ4v) is 2.77. The van der Waals surface area contributed by atoms with Crippen LogP contribution in [0.5, 0.6) is 0 Å². The third-order valence-electron chi connectivity index (χ3n) is 4.22. The minimum atomic E-state index is -0.173. The number of benzene rings is 1. The van der Waals surface area contributed by atoms with Crippen molar-refractivity contribution in [3.63, 3.8) is 0 Å². The van der Waals surface area contributed by atoms with Crippen LogP contribution in [0.3, 0.4) is 0 Å². The Morgan fingerprint density at radius 3 is 2.37 bits per heavy atom. The molecule has 1 aliphatic rings. The second-order valence-electron chi connectivity index (χ2n) is 6.97. The van der Waals surface area contributed by atoms with Gasteiger partial charge in [0.2, 0.25) is 0 Å². The Kier molecular flexibility index (Phi) is 4.32. The first kappa shape index (κ1) is 14.5. The molecule has 1 heterocycles. The van der Waals surface area contributed by atoms with Crippen LogP contribution >= 0.6 is 0 Å². The molecular formula is C17H27NO. The van der Waals surface area contributed by atoms with E-state index in [1.807, 2.05) is 6.92 Å². The summed E-state index contributed by atoms with van der Waals surface area (Å²) in [5, 5.41) is 9.64. The molecule has 0 amide bonds. The minimum absolute atomic E-state index is 0.173. The Morgan fingerprint density at radius 2 is 1.89 bits per heavy atom. The second kappa shape index (κ2) is 5.64. The molecule has 2 rings (SSSR count). The minimum Gasteiger partial charge on any atom is -0.393 e. The summed E-state index contributed by atoms with van der Waals surface area (Å²) in [4.78, 5) is 2.45. The zero-order valence-corrected chi connectivity index (χ0v) is 12.7. The molecule has 2 heteroatoms. The van der Waals surface area contributed by atoms with E-state index in [0.29, 0.717) is 5.92 Å². The van der Waals surface area contributed by atoms with Crippen LogP contribution in [0.1, 0.15) is 45.2 Å². The lowest BCUT2D eigenvalue weighted by Gasteiger charge is -2.21. The van der Waals surface area contributed by atoms with Gasteiger partial charge in [-0.2, -0.15) is 0 Å². The average Bonchev–Trinajstić information content (AvgIpc) is 2.77. The van der Waals surface area contributed by atoms with Gasteiger partial charge in [-0.15, -0.1) is 0 Å². The molecule has 106 valence electrons. The van der Waals surface area contributed by atoms with Crippen molar-refractivity contribution in [3.05, 3.63) is 35.4 Å². The Morgan fingerprint density at radius 1 is 1.26 bits per heavy atom. The van der Waals surface area contributed by atoms with Crippen LogP contribution in [0, 0.1) is 5.92 Å². The van der Waals surface area contributed by atoms with Crippen LogP contribution in [-0.2, 0) is 12.0 Å². The third-order valence-corrected chi connectivity index (χ3v) is 4.22. The van der Waals surface area contributed by atoms with Crippen molar-refractivity contribution >= 4 is 0 Å². The summed E-state index contributed by atoms with van der Waals surface area (Å²) in [6.45, 7) is 11.8. The average molecular weight is 261 g/mol. The predicted molar refractivity (Wildman–Crippen MR) is 80.2 cm³/mol. The van der Waals surface area contributed by atoms with Gasteiger partial charge in [-0.1, -0.05) is 45.0 Å². The van der Waals surface area contributed by atoms with Gasteiger partial charge in [0.25, 0.3) is 0 Å². The van der Waals surface area contributed by atoms with Crippen LogP contribution in [0.4, 0.5) is 0 Å². The largest absolute Gasteiger partial charge is 0.393 e. The first-order chi connectivity index (χ1) is 8.86. The maximum Gasteiger partial charge on any atom is 0.0552 e. The number of aliphatic hydroxyl groups excluding tert-OH is 1. The Balaban J connectivity index is 1.94. The molecule has 1 aromatic rings. The highest BCUT2D eigenvalue weighted by Gasteiger charge is 2.25. The molecule has 1 N–H and O–H groups in total. The maximum absolute atomic E-state index is 9.64. The fraction of sp³-hybridized carbons (Fsp3) is 0.647. The predicted octanol–water partition coefficient (Wildman–Crippen LogP) is 3.19. The van der Waals surface area contributed by atoms with E-state index in [4.69, 9.17) is 0 Å². The van der Waals surface area contributed by atoms with Crippen LogP contribution in [0.2, 0.25) is 0 Å². The number of hydrogen-bond donors (Lipinski definition) is 1. The van der Waals surface area contributed by atoms with Crippen molar-refractivity contribution in [3.8, 4) is 0 Å². The molecule has 0 radical (unpaired) electrons. The number of likely N-dealkylation sites (tertiary alicyclic amines) is 1. The van der Waals surface area contributed by atoms with Gasteiger partial charge in [-0.05, 0) is 42.3 Å². The summed E-state index contributed by atoms with van der Waals surface area (Å²) < 4.78 is 0. The highest BCUT2D eigenvalue weighted by atomic mass is 16.3. The topological polar surface area (TPSA) is 23.5 Å². The van der Waals surface area contributed by atoms with E-state index in [1.54, 1.807) is 0 Å². The summed E-state index contributed by atoms with van der Waals surface area (Å²) in [5.74, 6) is 0.453. The van der Waals surface area contributed by atoms with Crippen molar-refractivity contribution in [2.75, 3.05) is 13.1 Å². The Hall–Kier alpha value is -0.860. The molecular weight excluding hydrogens is 234 g/mol. The first-order valence-electron chi connectivity index (χ1n) is 7.36. The van der Waals surface area contributed by atoms with E-state index >= 15 is 0 Å². The molecule has 0 aromatic heterocycles. The molecule has 0 bridgehead atoms. The Labute approximate surface area is 117 Å². The molecule has 1 aromatic carbocycles. The normalized spacial score (nSPS) is 22.7. The smallest absolute Gasteiger partial charge is 0.0552 e. The van der Waals surface area contributed by atoms with E-state index in [-0.39, 0.29) is 11.5 Å². The zero-order chi connectivity index (χ0) is 14.0. The van der Waals surface area contributed by atoms with Gasteiger partial charge in [-0.25, -0.2) is 0 Å². The number of nitrogens with zero attached hydrogens (tertiary/aromatic N) is 1. The van der Waals surface area contributed by atoms with E-state index < -0.39 is 0 Å². The molecule has 1 saturated heterocycles. The first-order valence-corrected chi connectivity index (χ1v) is 7.36. The van der Waals surface area contributed by atoms with Crippen LogP contribution in [-0.4, -0.2) is 29.2 Å². The van der Waals surface area contributed by atoms with Gasteiger partial charge >= 0.3 is 0 Å². The summed E-state index contributed by atoms with van der Waals surface area (Å²) in [6, 6.07) is 8.99. The molecule has 1 fully saturated rings. The van der Waals surface area contributed by atoms with E-state index in [0.717, 1.165) is 26.1 Å². The second-order valence-corrected chi connectivity index (χ2v) is 6.97. The van der Waals surface area contributed by atoms with Gasteiger partial charge in [0.05, 0.1) is 6.10 Å². The summed E-state index contributed by atoms with van der Waals surface area (Å²) >= 11 is 0. The number of rotatable bonds is 3. The lowest BCUT2D eigenvalue weighted by molar-refractivity contribution is 0.127. The number of hydrogen-bond acceptors (Lipinski definition) is 2. The van der Waals surface area contributed by atoms with E-state index in [1.165, 1.54) is 11.1 Å². The highest BCUT2D eigenvalue weighted by Crippen LogP contribution is 2.24. The molecule has 0 saturated carbocycles. The standard InChI is InChI=1S/C17H27NO/c1-13(19)15-9-10-18(12-15)11-14-5-7-16(8-6-14)17(2,3)4/h5-8,13,15,19H,9-12H2,1-4H3. The Bertz CT molecular complexity index is 402. The maximum atomic E-state index is 9.64. The van der Waals surface area contributed by atoms with E-state index in [9.17, 15) is 5.11 Å².